The fourth-order valence-electron chi connectivity index (χ4n) is 0.714. The summed E-state index contributed by atoms with van der Waals surface area (Å²) in [6, 6.07) is 6.47. The summed E-state index contributed by atoms with van der Waals surface area (Å²) in [6.07, 6.45) is 2.84. The van der Waals surface area contributed by atoms with Gasteiger partial charge in [-0.15, -0.1) is 0 Å². The maximum atomic E-state index is 12.7. The van der Waals surface area contributed by atoms with Gasteiger partial charge in [-0.1, -0.05) is 18.2 Å². The number of benzene rings is 1. The molecule has 0 heterocycles. The van der Waals surface area contributed by atoms with Crippen molar-refractivity contribution in [2.75, 3.05) is 0 Å². The first-order valence-electron chi connectivity index (χ1n) is 2.97. The van der Waals surface area contributed by atoms with E-state index in [4.69, 9.17) is 5.73 Å². The molecule has 0 unspecified atom stereocenters. The summed E-state index contributed by atoms with van der Waals surface area (Å²) in [7, 11) is 0. The molecule has 1 aromatic rings. The Morgan fingerprint density at radius 1 is 1.30 bits per heavy atom. The third-order valence-electron chi connectivity index (χ3n) is 1.18. The first kappa shape index (κ1) is 6.81. The highest BCUT2D eigenvalue weighted by atomic mass is 19.1. The molecule has 1 aromatic carbocycles. The Labute approximate surface area is 59.0 Å². The second-order valence-corrected chi connectivity index (χ2v) is 1.88. The Morgan fingerprint density at radius 2 is 2.00 bits per heavy atom. The Balaban J connectivity index is 3.03. The molecule has 2 heteroatoms. The van der Waals surface area contributed by atoms with E-state index in [0.29, 0.717) is 5.56 Å². The number of hydrogen-bond donors (Lipinski definition) is 1. The standard InChI is InChI=1S/C8H8FN/c9-8-4-2-1-3-7(8)5-6-10/h1-6H,10H2/b6-5-. The highest BCUT2D eigenvalue weighted by Gasteiger charge is 1.92. The van der Waals surface area contributed by atoms with Crippen molar-refractivity contribution < 1.29 is 4.39 Å². The normalized spacial score (nSPS) is 10.5. The van der Waals surface area contributed by atoms with Crippen molar-refractivity contribution in [2.45, 2.75) is 0 Å². The van der Waals surface area contributed by atoms with Gasteiger partial charge in [0.05, 0.1) is 0 Å². The highest BCUT2D eigenvalue weighted by molar-refractivity contribution is 5.48. The molecule has 0 aliphatic heterocycles. The van der Waals surface area contributed by atoms with Crippen LogP contribution in [0.5, 0.6) is 0 Å². The second-order valence-electron chi connectivity index (χ2n) is 1.88. The zero-order chi connectivity index (χ0) is 7.40. The quantitative estimate of drug-likeness (QED) is 0.627. The SMILES string of the molecule is N/C=C\c1ccccc1F. The fourth-order valence-corrected chi connectivity index (χ4v) is 0.714. The molecule has 0 spiro atoms. The molecule has 0 aliphatic rings. The summed E-state index contributed by atoms with van der Waals surface area (Å²) in [4.78, 5) is 0. The van der Waals surface area contributed by atoms with Gasteiger partial charge in [0.25, 0.3) is 0 Å². The Hall–Kier alpha value is -1.31. The van der Waals surface area contributed by atoms with Gasteiger partial charge in [0.1, 0.15) is 5.82 Å². The average Bonchev–Trinajstić information content (AvgIpc) is 1.94. The molecule has 2 N–H and O–H groups in total. The van der Waals surface area contributed by atoms with Gasteiger partial charge in [-0.3, -0.25) is 0 Å². The number of hydrogen-bond acceptors (Lipinski definition) is 1. The molecule has 52 valence electrons. The minimum Gasteiger partial charge on any atom is -0.405 e. The zero-order valence-corrected chi connectivity index (χ0v) is 5.42. The number of rotatable bonds is 1. The van der Waals surface area contributed by atoms with Crippen LogP contribution in [0.1, 0.15) is 5.56 Å². The van der Waals surface area contributed by atoms with E-state index in [2.05, 4.69) is 0 Å². The second kappa shape index (κ2) is 3.01. The smallest absolute Gasteiger partial charge is 0.130 e. The summed E-state index contributed by atoms with van der Waals surface area (Å²) in [5.41, 5.74) is 5.60. The molecule has 0 radical (unpaired) electrons. The molecule has 0 aliphatic carbocycles. The van der Waals surface area contributed by atoms with Gasteiger partial charge in [0.2, 0.25) is 0 Å². The number of halogens is 1. The van der Waals surface area contributed by atoms with Crippen LogP contribution in [0, 0.1) is 5.82 Å². The molecule has 0 atom stereocenters. The van der Waals surface area contributed by atoms with Gasteiger partial charge in [0.15, 0.2) is 0 Å². The Kier molecular flexibility index (Phi) is 2.05. The van der Waals surface area contributed by atoms with Gasteiger partial charge in [-0.25, -0.2) is 4.39 Å². The van der Waals surface area contributed by atoms with Crippen molar-refractivity contribution in [3.63, 3.8) is 0 Å². The van der Waals surface area contributed by atoms with E-state index in [1.54, 1.807) is 18.2 Å². The lowest BCUT2D eigenvalue weighted by molar-refractivity contribution is 0.625. The molecule has 0 bridgehead atoms. The zero-order valence-electron chi connectivity index (χ0n) is 5.42. The predicted octanol–water partition coefficient (Wildman–Crippen LogP) is 1.76. The van der Waals surface area contributed by atoms with Crippen molar-refractivity contribution >= 4 is 6.08 Å². The molecule has 10 heavy (non-hydrogen) atoms. The molecule has 0 aromatic heterocycles. The Bertz CT molecular complexity index is 243. The first-order valence-corrected chi connectivity index (χ1v) is 2.97. The third kappa shape index (κ3) is 1.35. The summed E-state index contributed by atoms with van der Waals surface area (Å²) in [5, 5.41) is 0. The van der Waals surface area contributed by atoms with Crippen LogP contribution in [0.15, 0.2) is 30.5 Å². The molecule has 1 rings (SSSR count). The lowest BCUT2D eigenvalue weighted by Gasteiger charge is -1.92. The van der Waals surface area contributed by atoms with Crippen LogP contribution in [0.4, 0.5) is 4.39 Å². The van der Waals surface area contributed by atoms with E-state index in [1.165, 1.54) is 18.3 Å². The average molecular weight is 137 g/mol. The summed E-state index contributed by atoms with van der Waals surface area (Å²) < 4.78 is 12.7. The van der Waals surface area contributed by atoms with Crippen molar-refractivity contribution in [2.24, 2.45) is 5.73 Å². The lowest BCUT2D eigenvalue weighted by atomic mass is 10.2. The lowest BCUT2D eigenvalue weighted by Crippen LogP contribution is -1.81. The third-order valence-corrected chi connectivity index (χ3v) is 1.18. The summed E-state index contributed by atoms with van der Waals surface area (Å²) in [5.74, 6) is -0.246. The maximum absolute atomic E-state index is 12.7. The molecule has 1 nitrogen and oxygen atoms in total. The van der Waals surface area contributed by atoms with Gasteiger partial charge in [0, 0.05) is 5.56 Å². The molecule has 0 saturated heterocycles. The van der Waals surface area contributed by atoms with Crippen LogP contribution in [0.25, 0.3) is 6.08 Å². The van der Waals surface area contributed by atoms with E-state index in [-0.39, 0.29) is 5.82 Å². The van der Waals surface area contributed by atoms with Crippen LogP contribution in [0.2, 0.25) is 0 Å². The van der Waals surface area contributed by atoms with Crippen LogP contribution in [-0.2, 0) is 0 Å². The van der Waals surface area contributed by atoms with Gasteiger partial charge >= 0.3 is 0 Å². The van der Waals surface area contributed by atoms with Crippen molar-refractivity contribution in [1.82, 2.24) is 0 Å². The Morgan fingerprint density at radius 3 is 2.60 bits per heavy atom. The van der Waals surface area contributed by atoms with E-state index in [9.17, 15) is 4.39 Å². The highest BCUT2D eigenvalue weighted by Crippen LogP contribution is 2.06. The van der Waals surface area contributed by atoms with Crippen molar-refractivity contribution in [3.05, 3.63) is 41.8 Å². The molecule has 0 saturated carbocycles. The molecular weight excluding hydrogens is 129 g/mol. The van der Waals surface area contributed by atoms with Crippen LogP contribution >= 0.6 is 0 Å². The van der Waals surface area contributed by atoms with Crippen LogP contribution in [0.3, 0.4) is 0 Å². The van der Waals surface area contributed by atoms with Crippen LogP contribution < -0.4 is 5.73 Å². The summed E-state index contributed by atoms with van der Waals surface area (Å²) >= 11 is 0. The number of nitrogens with two attached hydrogens (primary N) is 1. The van der Waals surface area contributed by atoms with Gasteiger partial charge in [-0.2, -0.15) is 0 Å². The van der Waals surface area contributed by atoms with E-state index in [1.807, 2.05) is 0 Å². The van der Waals surface area contributed by atoms with E-state index >= 15 is 0 Å². The maximum Gasteiger partial charge on any atom is 0.130 e. The predicted molar refractivity (Wildman–Crippen MR) is 39.6 cm³/mol. The van der Waals surface area contributed by atoms with E-state index < -0.39 is 0 Å². The molecule has 0 amide bonds. The topological polar surface area (TPSA) is 26.0 Å². The van der Waals surface area contributed by atoms with E-state index in [0.717, 1.165) is 0 Å². The van der Waals surface area contributed by atoms with Crippen LogP contribution in [-0.4, -0.2) is 0 Å². The minimum absolute atomic E-state index is 0.246. The van der Waals surface area contributed by atoms with Gasteiger partial charge < -0.3 is 5.73 Å². The van der Waals surface area contributed by atoms with Gasteiger partial charge in [-0.05, 0) is 18.3 Å². The fraction of sp³-hybridized carbons (Fsp3) is 0. The molecular formula is C8H8FN. The molecule has 0 fully saturated rings. The van der Waals surface area contributed by atoms with Crippen molar-refractivity contribution in [3.8, 4) is 0 Å². The largest absolute Gasteiger partial charge is 0.405 e. The summed E-state index contributed by atoms with van der Waals surface area (Å²) in [6.45, 7) is 0. The monoisotopic (exact) mass is 137 g/mol. The van der Waals surface area contributed by atoms with Crippen molar-refractivity contribution in [1.29, 1.82) is 0 Å². The minimum atomic E-state index is -0.246. The first-order chi connectivity index (χ1) is 4.84.